The molecule has 0 amide bonds. The third-order valence-corrected chi connectivity index (χ3v) is 3.53. The van der Waals surface area contributed by atoms with Crippen LogP contribution in [-0.4, -0.2) is 23.5 Å². The quantitative estimate of drug-likeness (QED) is 0.729. The van der Waals surface area contributed by atoms with Gasteiger partial charge in [-0.05, 0) is 31.4 Å². The first-order valence-electron chi connectivity index (χ1n) is 7.26. The van der Waals surface area contributed by atoms with E-state index in [4.69, 9.17) is 4.42 Å². The molecule has 0 radical (unpaired) electrons. The Labute approximate surface area is 116 Å². The third kappa shape index (κ3) is 4.22. The topological polar surface area (TPSA) is 28.4 Å². The van der Waals surface area contributed by atoms with Crippen molar-refractivity contribution in [1.29, 1.82) is 0 Å². The fraction of sp³-hybridized carbons (Fsp3) is 0.625. The summed E-state index contributed by atoms with van der Waals surface area (Å²) in [5, 5.41) is 3.41. The Morgan fingerprint density at radius 2 is 2.26 bits per heavy atom. The van der Waals surface area contributed by atoms with Crippen LogP contribution >= 0.6 is 0 Å². The van der Waals surface area contributed by atoms with E-state index in [0.29, 0.717) is 6.04 Å². The fourth-order valence-corrected chi connectivity index (χ4v) is 2.29. The zero-order valence-electron chi connectivity index (χ0n) is 12.4. The van der Waals surface area contributed by atoms with E-state index in [1.807, 2.05) is 6.08 Å². The molecule has 1 aliphatic rings. The van der Waals surface area contributed by atoms with Crippen LogP contribution in [-0.2, 0) is 13.1 Å². The van der Waals surface area contributed by atoms with Gasteiger partial charge in [0, 0.05) is 18.6 Å². The highest BCUT2D eigenvalue weighted by atomic mass is 16.3. The first-order chi connectivity index (χ1) is 9.10. The SMILES string of the molecule is C=CCN(Cc1cc(C)c(CNC(C)C)o1)C1CC1. The van der Waals surface area contributed by atoms with Gasteiger partial charge in [-0.3, -0.25) is 4.90 Å². The van der Waals surface area contributed by atoms with Crippen LogP contribution in [0.15, 0.2) is 23.1 Å². The van der Waals surface area contributed by atoms with E-state index >= 15 is 0 Å². The highest BCUT2D eigenvalue weighted by Gasteiger charge is 2.28. The lowest BCUT2D eigenvalue weighted by Crippen LogP contribution is -2.25. The highest BCUT2D eigenvalue weighted by molar-refractivity contribution is 5.20. The molecule has 0 aliphatic heterocycles. The van der Waals surface area contributed by atoms with Crippen molar-refractivity contribution in [2.75, 3.05) is 6.54 Å². The van der Waals surface area contributed by atoms with Gasteiger partial charge in [-0.15, -0.1) is 6.58 Å². The normalized spacial score (nSPS) is 15.4. The monoisotopic (exact) mass is 262 g/mol. The molecule has 0 unspecified atom stereocenters. The molecule has 1 aliphatic carbocycles. The second-order valence-electron chi connectivity index (χ2n) is 5.80. The minimum Gasteiger partial charge on any atom is -0.463 e. The summed E-state index contributed by atoms with van der Waals surface area (Å²) in [4.78, 5) is 2.45. The van der Waals surface area contributed by atoms with Crippen molar-refractivity contribution in [1.82, 2.24) is 10.2 Å². The second kappa shape index (κ2) is 6.40. The average Bonchev–Trinajstić information content (AvgIpc) is 3.12. The van der Waals surface area contributed by atoms with Crippen LogP contribution in [0.3, 0.4) is 0 Å². The standard InChI is InChI=1S/C16H26N2O/c1-5-8-18(14-6-7-14)11-15-9-13(4)16(19-15)10-17-12(2)3/h5,9,12,14,17H,1,6-8,10-11H2,2-4H3. The van der Waals surface area contributed by atoms with E-state index in [-0.39, 0.29) is 0 Å². The van der Waals surface area contributed by atoms with E-state index in [2.05, 4.69) is 43.6 Å². The smallest absolute Gasteiger partial charge is 0.120 e. The Balaban J connectivity index is 1.96. The summed E-state index contributed by atoms with van der Waals surface area (Å²) in [5.41, 5.74) is 1.25. The molecule has 0 atom stereocenters. The molecule has 2 rings (SSSR count). The van der Waals surface area contributed by atoms with Crippen molar-refractivity contribution >= 4 is 0 Å². The van der Waals surface area contributed by atoms with E-state index in [0.717, 1.165) is 37.2 Å². The zero-order chi connectivity index (χ0) is 13.8. The van der Waals surface area contributed by atoms with Gasteiger partial charge in [-0.2, -0.15) is 0 Å². The molecule has 1 saturated carbocycles. The van der Waals surface area contributed by atoms with Gasteiger partial charge >= 0.3 is 0 Å². The molecule has 106 valence electrons. The molecule has 0 aromatic carbocycles. The van der Waals surface area contributed by atoms with Gasteiger partial charge in [-0.25, -0.2) is 0 Å². The Bertz CT molecular complexity index is 418. The van der Waals surface area contributed by atoms with E-state index < -0.39 is 0 Å². The van der Waals surface area contributed by atoms with Crippen LogP contribution in [0.2, 0.25) is 0 Å². The molecule has 1 aromatic heterocycles. The molecule has 0 saturated heterocycles. The van der Waals surface area contributed by atoms with Gasteiger partial charge in [0.2, 0.25) is 0 Å². The molecule has 1 aromatic rings. The molecule has 0 spiro atoms. The van der Waals surface area contributed by atoms with Crippen molar-refractivity contribution in [3.8, 4) is 0 Å². The highest BCUT2D eigenvalue weighted by Crippen LogP contribution is 2.29. The molecule has 19 heavy (non-hydrogen) atoms. The summed E-state index contributed by atoms with van der Waals surface area (Å²) in [7, 11) is 0. The maximum Gasteiger partial charge on any atom is 0.120 e. The summed E-state index contributed by atoms with van der Waals surface area (Å²) in [6.07, 6.45) is 4.61. The van der Waals surface area contributed by atoms with E-state index in [1.54, 1.807) is 0 Å². The minimum absolute atomic E-state index is 0.483. The third-order valence-electron chi connectivity index (χ3n) is 3.53. The molecular weight excluding hydrogens is 236 g/mol. The van der Waals surface area contributed by atoms with Crippen LogP contribution in [0.4, 0.5) is 0 Å². The number of rotatable bonds is 8. The van der Waals surface area contributed by atoms with Gasteiger partial charge in [-0.1, -0.05) is 19.9 Å². The Hall–Kier alpha value is -1.06. The average molecular weight is 262 g/mol. The van der Waals surface area contributed by atoms with Crippen molar-refractivity contribution < 1.29 is 4.42 Å². The lowest BCUT2D eigenvalue weighted by molar-refractivity contribution is 0.254. The predicted molar refractivity (Wildman–Crippen MR) is 79.0 cm³/mol. The van der Waals surface area contributed by atoms with Crippen LogP contribution in [0, 0.1) is 6.92 Å². The van der Waals surface area contributed by atoms with E-state index in [9.17, 15) is 0 Å². The van der Waals surface area contributed by atoms with Crippen molar-refractivity contribution in [2.45, 2.75) is 58.8 Å². The zero-order valence-corrected chi connectivity index (χ0v) is 12.4. The number of nitrogens with zero attached hydrogens (tertiary/aromatic N) is 1. The van der Waals surface area contributed by atoms with Crippen molar-refractivity contribution in [2.24, 2.45) is 0 Å². The number of hydrogen-bond donors (Lipinski definition) is 1. The molecular formula is C16H26N2O. The summed E-state index contributed by atoms with van der Waals surface area (Å²) < 4.78 is 5.98. The first-order valence-corrected chi connectivity index (χ1v) is 7.26. The Morgan fingerprint density at radius 1 is 1.53 bits per heavy atom. The maximum atomic E-state index is 5.98. The Morgan fingerprint density at radius 3 is 2.84 bits per heavy atom. The van der Waals surface area contributed by atoms with Gasteiger partial charge in [0.15, 0.2) is 0 Å². The number of aryl methyl sites for hydroxylation is 1. The van der Waals surface area contributed by atoms with Gasteiger partial charge in [0.1, 0.15) is 11.5 Å². The summed E-state index contributed by atoms with van der Waals surface area (Å²) >= 11 is 0. The summed E-state index contributed by atoms with van der Waals surface area (Å²) in [6.45, 7) is 12.9. The predicted octanol–water partition coefficient (Wildman–Crippen LogP) is 3.24. The molecule has 1 heterocycles. The lowest BCUT2D eigenvalue weighted by Gasteiger charge is -2.18. The summed E-state index contributed by atoms with van der Waals surface area (Å²) in [6, 6.07) is 3.40. The van der Waals surface area contributed by atoms with Crippen LogP contribution in [0.25, 0.3) is 0 Å². The largest absolute Gasteiger partial charge is 0.463 e. The van der Waals surface area contributed by atoms with Gasteiger partial charge in [0.05, 0.1) is 13.1 Å². The molecule has 3 nitrogen and oxygen atoms in total. The molecule has 1 N–H and O–H groups in total. The summed E-state index contributed by atoms with van der Waals surface area (Å²) in [5.74, 6) is 2.14. The van der Waals surface area contributed by atoms with E-state index in [1.165, 1.54) is 18.4 Å². The van der Waals surface area contributed by atoms with Crippen molar-refractivity contribution in [3.05, 3.63) is 35.8 Å². The molecule has 0 bridgehead atoms. The lowest BCUT2D eigenvalue weighted by atomic mass is 10.2. The Kier molecular flexibility index (Phi) is 4.83. The maximum absolute atomic E-state index is 5.98. The van der Waals surface area contributed by atoms with Crippen LogP contribution < -0.4 is 5.32 Å². The first kappa shape index (κ1) is 14.4. The van der Waals surface area contributed by atoms with Crippen LogP contribution in [0.1, 0.15) is 43.8 Å². The van der Waals surface area contributed by atoms with Crippen LogP contribution in [0.5, 0.6) is 0 Å². The van der Waals surface area contributed by atoms with Gasteiger partial charge in [0.25, 0.3) is 0 Å². The molecule has 3 heteroatoms. The fourth-order valence-electron chi connectivity index (χ4n) is 2.29. The number of nitrogens with one attached hydrogen (secondary N) is 1. The molecule has 1 fully saturated rings. The number of hydrogen-bond acceptors (Lipinski definition) is 3. The number of furan rings is 1. The van der Waals surface area contributed by atoms with Gasteiger partial charge < -0.3 is 9.73 Å². The second-order valence-corrected chi connectivity index (χ2v) is 5.80. The minimum atomic E-state index is 0.483. The van der Waals surface area contributed by atoms with Crippen molar-refractivity contribution in [3.63, 3.8) is 0 Å².